The molecule has 0 spiro atoms. The van der Waals surface area contributed by atoms with Crippen molar-refractivity contribution in [2.24, 2.45) is 0 Å². The molecule has 0 unspecified atom stereocenters. The third-order valence-corrected chi connectivity index (χ3v) is 6.10. The van der Waals surface area contributed by atoms with Crippen molar-refractivity contribution in [3.05, 3.63) is 41.7 Å². The number of benzene rings is 1. The van der Waals surface area contributed by atoms with Gasteiger partial charge in [0.25, 0.3) is 0 Å². The molecule has 1 aliphatic carbocycles. The molecule has 1 saturated carbocycles. The Bertz CT molecular complexity index is 927. The lowest BCUT2D eigenvalue weighted by molar-refractivity contribution is 0.443. The van der Waals surface area contributed by atoms with E-state index >= 15 is 0 Å². The number of hydrogen-bond donors (Lipinski definition) is 2. The second-order valence-corrected chi connectivity index (χ2v) is 7.65. The Morgan fingerprint density at radius 1 is 1.19 bits per heavy atom. The van der Waals surface area contributed by atoms with E-state index in [4.69, 9.17) is 4.98 Å². The van der Waals surface area contributed by atoms with Gasteiger partial charge in [-0.25, -0.2) is 15.0 Å². The summed E-state index contributed by atoms with van der Waals surface area (Å²) >= 11 is 1.71. The van der Waals surface area contributed by atoms with Crippen molar-refractivity contribution in [2.75, 3.05) is 17.7 Å². The second-order valence-electron chi connectivity index (χ2n) is 6.64. The van der Waals surface area contributed by atoms with Crippen molar-refractivity contribution in [3.63, 3.8) is 0 Å². The van der Waals surface area contributed by atoms with Gasteiger partial charge in [-0.3, -0.25) is 0 Å². The molecule has 0 radical (unpaired) electrons. The molecule has 1 aromatic carbocycles. The average molecular weight is 366 g/mol. The lowest BCUT2D eigenvalue weighted by Gasteiger charge is -2.18. The molecule has 2 aromatic heterocycles. The van der Waals surface area contributed by atoms with E-state index in [1.807, 2.05) is 25.3 Å². The molecule has 5 nitrogen and oxygen atoms in total. The number of rotatable bonds is 5. The predicted molar refractivity (Wildman–Crippen MR) is 110 cm³/mol. The van der Waals surface area contributed by atoms with Crippen LogP contribution in [-0.4, -0.2) is 22.0 Å². The smallest absolute Gasteiger partial charge is 0.161 e. The number of thiazole rings is 1. The molecule has 134 valence electrons. The third kappa shape index (κ3) is 3.29. The summed E-state index contributed by atoms with van der Waals surface area (Å²) in [5.41, 5.74) is 3.93. The Kier molecular flexibility index (Phi) is 4.84. The lowest BCUT2D eigenvalue weighted by Crippen LogP contribution is -2.03. The zero-order valence-corrected chi connectivity index (χ0v) is 15.8. The summed E-state index contributed by atoms with van der Waals surface area (Å²) < 4.78 is 0. The molecule has 1 fully saturated rings. The summed E-state index contributed by atoms with van der Waals surface area (Å²) in [7, 11) is 1.91. The van der Waals surface area contributed by atoms with Crippen LogP contribution in [0.3, 0.4) is 0 Å². The summed E-state index contributed by atoms with van der Waals surface area (Å²) in [6.07, 6.45) is 9.90. The van der Waals surface area contributed by atoms with Crippen molar-refractivity contribution in [3.8, 4) is 0 Å². The summed E-state index contributed by atoms with van der Waals surface area (Å²) in [4.78, 5) is 14.7. The van der Waals surface area contributed by atoms with Gasteiger partial charge in [0, 0.05) is 24.3 Å². The van der Waals surface area contributed by atoms with Crippen LogP contribution < -0.4 is 10.6 Å². The quantitative estimate of drug-likeness (QED) is 0.619. The Morgan fingerprint density at radius 3 is 2.81 bits per heavy atom. The van der Waals surface area contributed by atoms with Crippen LogP contribution >= 0.6 is 11.3 Å². The SMILES string of the molecule is C=Cc1cc(Nc2ncnc3sc(C4CCCCC4)nc23)ccc1NC. The molecule has 0 atom stereocenters. The third-order valence-electron chi connectivity index (χ3n) is 4.97. The van der Waals surface area contributed by atoms with Crippen molar-refractivity contribution in [1.29, 1.82) is 0 Å². The number of aromatic nitrogens is 3. The average Bonchev–Trinajstić information content (AvgIpc) is 3.14. The fraction of sp³-hybridized carbons (Fsp3) is 0.350. The molecule has 0 bridgehead atoms. The molecule has 0 aliphatic heterocycles. The Balaban J connectivity index is 1.66. The number of nitrogens with zero attached hydrogens (tertiary/aromatic N) is 3. The molecular formula is C20H23N5S. The van der Waals surface area contributed by atoms with E-state index in [9.17, 15) is 0 Å². The van der Waals surface area contributed by atoms with Gasteiger partial charge in [-0.1, -0.05) is 43.3 Å². The first-order valence-corrected chi connectivity index (χ1v) is 9.93. The van der Waals surface area contributed by atoms with Crippen LogP contribution in [0.15, 0.2) is 31.1 Å². The molecule has 6 heteroatoms. The van der Waals surface area contributed by atoms with E-state index in [0.717, 1.165) is 33.1 Å². The maximum atomic E-state index is 4.91. The summed E-state index contributed by atoms with van der Waals surface area (Å²) in [6.45, 7) is 3.89. The van der Waals surface area contributed by atoms with E-state index < -0.39 is 0 Å². The first-order chi connectivity index (χ1) is 12.8. The number of hydrogen-bond acceptors (Lipinski definition) is 6. The molecular weight excluding hydrogens is 342 g/mol. The molecule has 3 aromatic rings. The zero-order chi connectivity index (χ0) is 17.9. The van der Waals surface area contributed by atoms with Crippen LogP contribution in [0.5, 0.6) is 0 Å². The van der Waals surface area contributed by atoms with Gasteiger partial charge >= 0.3 is 0 Å². The fourth-order valence-corrected chi connectivity index (χ4v) is 4.64. The van der Waals surface area contributed by atoms with Gasteiger partial charge in [0.2, 0.25) is 0 Å². The topological polar surface area (TPSA) is 62.7 Å². The minimum absolute atomic E-state index is 0.582. The summed E-state index contributed by atoms with van der Waals surface area (Å²) in [5, 5.41) is 7.79. The summed E-state index contributed by atoms with van der Waals surface area (Å²) in [5.74, 6) is 1.35. The predicted octanol–water partition coefficient (Wildman–Crippen LogP) is 5.56. The van der Waals surface area contributed by atoms with Crippen molar-refractivity contribution in [1.82, 2.24) is 15.0 Å². The largest absolute Gasteiger partial charge is 0.388 e. The zero-order valence-electron chi connectivity index (χ0n) is 15.0. The monoisotopic (exact) mass is 365 g/mol. The normalized spacial score (nSPS) is 15.1. The number of fused-ring (bicyclic) bond motifs is 1. The van der Waals surface area contributed by atoms with E-state index in [-0.39, 0.29) is 0 Å². The maximum Gasteiger partial charge on any atom is 0.161 e. The highest BCUT2D eigenvalue weighted by molar-refractivity contribution is 7.18. The molecule has 26 heavy (non-hydrogen) atoms. The standard InChI is InChI=1S/C20H23N5S/c1-3-13-11-15(9-10-16(13)21-2)24-18-17-20(23-12-22-18)26-19(25-17)14-7-5-4-6-8-14/h3,9-12,14,21H,1,4-8H2,2H3,(H,22,23,24). The van der Waals surface area contributed by atoms with Crippen LogP contribution in [0, 0.1) is 0 Å². The van der Waals surface area contributed by atoms with Crippen LogP contribution in [0.2, 0.25) is 0 Å². The van der Waals surface area contributed by atoms with Crippen LogP contribution in [-0.2, 0) is 0 Å². The first kappa shape index (κ1) is 17.0. The van der Waals surface area contributed by atoms with Crippen molar-refractivity contribution < 1.29 is 0 Å². The Morgan fingerprint density at radius 2 is 2.04 bits per heavy atom. The van der Waals surface area contributed by atoms with Gasteiger partial charge in [-0.15, -0.1) is 0 Å². The molecule has 4 rings (SSSR count). The van der Waals surface area contributed by atoms with E-state index in [0.29, 0.717) is 5.92 Å². The minimum Gasteiger partial charge on any atom is -0.388 e. The molecule has 0 saturated heterocycles. The van der Waals surface area contributed by atoms with E-state index in [1.54, 1.807) is 17.7 Å². The van der Waals surface area contributed by atoms with Gasteiger partial charge in [-0.2, -0.15) is 0 Å². The molecule has 1 aliphatic rings. The molecule has 0 amide bonds. The summed E-state index contributed by atoms with van der Waals surface area (Å²) in [6, 6.07) is 6.12. The van der Waals surface area contributed by atoms with Crippen molar-refractivity contribution >= 4 is 45.0 Å². The Hall–Kier alpha value is -2.47. The maximum absolute atomic E-state index is 4.91. The number of anilines is 3. The first-order valence-electron chi connectivity index (χ1n) is 9.11. The highest BCUT2D eigenvalue weighted by atomic mass is 32.1. The van der Waals surface area contributed by atoms with Gasteiger partial charge in [0.15, 0.2) is 5.82 Å². The van der Waals surface area contributed by atoms with Gasteiger partial charge in [-0.05, 0) is 36.6 Å². The van der Waals surface area contributed by atoms with Gasteiger partial charge in [0.05, 0.1) is 5.01 Å². The van der Waals surface area contributed by atoms with Crippen LogP contribution in [0.1, 0.15) is 48.6 Å². The van der Waals surface area contributed by atoms with Crippen LogP contribution in [0.25, 0.3) is 16.4 Å². The highest BCUT2D eigenvalue weighted by Crippen LogP contribution is 2.37. The lowest BCUT2D eigenvalue weighted by atomic mass is 9.90. The van der Waals surface area contributed by atoms with E-state index in [2.05, 4.69) is 33.2 Å². The Labute approximate surface area is 157 Å². The van der Waals surface area contributed by atoms with Crippen molar-refractivity contribution in [2.45, 2.75) is 38.0 Å². The highest BCUT2D eigenvalue weighted by Gasteiger charge is 2.21. The molecule has 2 heterocycles. The fourth-order valence-electron chi connectivity index (χ4n) is 3.56. The molecule has 2 N–H and O–H groups in total. The van der Waals surface area contributed by atoms with Gasteiger partial charge < -0.3 is 10.6 Å². The van der Waals surface area contributed by atoms with Crippen LogP contribution in [0.4, 0.5) is 17.2 Å². The minimum atomic E-state index is 0.582. The van der Waals surface area contributed by atoms with E-state index in [1.165, 1.54) is 37.1 Å². The number of nitrogens with one attached hydrogen (secondary N) is 2. The second kappa shape index (κ2) is 7.41. The van der Waals surface area contributed by atoms with Gasteiger partial charge in [0.1, 0.15) is 16.7 Å².